The molecule has 78 valence electrons. The molecule has 0 amide bonds. The molecule has 0 spiro atoms. The third-order valence-corrected chi connectivity index (χ3v) is 3.22. The van der Waals surface area contributed by atoms with Crippen LogP contribution in [0.15, 0.2) is 12.1 Å². The highest BCUT2D eigenvalue weighted by Crippen LogP contribution is 2.32. The smallest absolute Gasteiger partial charge is 0.193 e. The van der Waals surface area contributed by atoms with Gasteiger partial charge in [-0.05, 0) is 25.5 Å². The second-order valence-corrected chi connectivity index (χ2v) is 4.70. The first kappa shape index (κ1) is 10.1. The lowest BCUT2D eigenvalue weighted by molar-refractivity contribution is -0.0601. The lowest BCUT2D eigenvalue weighted by atomic mass is 10.3. The van der Waals surface area contributed by atoms with Crippen LogP contribution in [0.4, 0.5) is 0 Å². The second-order valence-electron chi connectivity index (χ2n) is 3.38. The molecule has 0 radical (unpaired) electrons. The molecule has 2 heterocycles. The Kier molecular flexibility index (Phi) is 3.18. The van der Waals surface area contributed by atoms with Crippen molar-refractivity contribution in [2.75, 3.05) is 13.2 Å². The highest BCUT2D eigenvalue weighted by Gasteiger charge is 2.27. The molecule has 1 aromatic rings. The Labute approximate surface area is 87.3 Å². The summed E-state index contributed by atoms with van der Waals surface area (Å²) in [4.78, 5) is 2.38. The van der Waals surface area contributed by atoms with Crippen LogP contribution < -0.4 is 0 Å². The summed E-state index contributed by atoms with van der Waals surface area (Å²) in [6.45, 7) is 2.81. The fraction of sp³-hybridized carbons (Fsp3) is 0.600. The molecule has 1 aliphatic heterocycles. The van der Waals surface area contributed by atoms with Gasteiger partial charge in [0.05, 0.1) is 17.6 Å². The van der Waals surface area contributed by atoms with Crippen LogP contribution in [0, 0.1) is 6.92 Å². The molecule has 0 saturated carbocycles. The van der Waals surface area contributed by atoms with Gasteiger partial charge in [-0.1, -0.05) is 0 Å². The summed E-state index contributed by atoms with van der Waals surface area (Å²) in [7, 11) is 0. The summed E-state index contributed by atoms with van der Waals surface area (Å²) in [5.41, 5.74) is 0. The molecule has 1 fully saturated rings. The molecule has 2 rings (SSSR count). The van der Waals surface area contributed by atoms with Crippen molar-refractivity contribution in [3.8, 4) is 0 Å². The molecular weight excluding hydrogens is 200 g/mol. The molecule has 1 aliphatic rings. The zero-order chi connectivity index (χ0) is 9.97. The van der Waals surface area contributed by atoms with Gasteiger partial charge in [0.2, 0.25) is 0 Å². The van der Waals surface area contributed by atoms with Crippen molar-refractivity contribution in [1.82, 2.24) is 0 Å². The fourth-order valence-corrected chi connectivity index (χ4v) is 2.34. The molecule has 1 saturated heterocycles. The molecule has 0 bridgehead atoms. The molecule has 4 heteroatoms. The van der Waals surface area contributed by atoms with Gasteiger partial charge in [0, 0.05) is 11.5 Å². The first-order valence-electron chi connectivity index (χ1n) is 4.74. The van der Waals surface area contributed by atoms with E-state index < -0.39 is 0 Å². The molecule has 3 nitrogen and oxygen atoms in total. The lowest BCUT2D eigenvalue weighted by Crippen LogP contribution is -2.11. The zero-order valence-electron chi connectivity index (χ0n) is 8.10. The van der Waals surface area contributed by atoms with Crippen molar-refractivity contribution in [3.63, 3.8) is 0 Å². The quantitative estimate of drug-likeness (QED) is 0.834. The van der Waals surface area contributed by atoms with E-state index in [-0.39, 0.29) is 19.0 Å². The van der Waals surface area contributed by atoms with Crippen molar-refractivity contribution in [2.45, 2.75) is 25.7 Å². The minimum atomic E-state index is -0.217. The lowest BCUT2D eigenvalue weighted by Gasteiger charge is -2.08. The Morgan fingerprint density at radius 2 is 2.43 bits per heavy atom. The number of rotatable bonds is 3. The van der Waals surface area contributed by atoms with Crippen LogP contribution in [0.3, 0.4) is 0 Å². The van der Waals surface area contributed by atoms with Crippen molar-refractivity contribution < 1.29 is 14.6 Å². The van der Waals surface area contributed by atoms with Crippen molar-refractivity contribution in [2.24, 2.45) is 0 Å². The van der Waals surface area contributed by atoms with E-state index in [9.17, 15) is 0 Å². The molecule has 1 aromatic heterocycles. The monoisotopic (exact) mass is 214 g/mol. The normalized spacial score (nSPS) is 27.0. The van der Waals surface area contributed by atoms with Crippen molar-refractivity contribution in [3.05, 3.63) is 21.9 Å². The maximum absolute atomic E-state index is 8.75. The summed E-state index contributed by atoms with van der Waals surface area (Å²) in [5.74, 6) is 0. The summed E-state index contributed by atoms with van der Waals surface area (Å²) < 4.78 is 11.1. The van der Waals surface area contributed by atoms with E-state index in [0.29, 0.717) is 13.0 Å². The van der Waals surface area contributed by atoms with Gasteiger partial charge < -0.3 is 14.6 Å². The fourth-order valence-electron chi connectivity index (χ4n) is 1.47. The van der Waals surface area contributed by atoms with E-state index in [4.69, 9.17) is 14.6 Å². The summed E-state index contributed by atoms with van der Waals surface area (Å²) in [6.07, 6.45) is 0.485. The third-order valence-electron chi connectivity index (χ3n) is 2.19. The zero-order valence-corrected chi connectivity index (χ0v) is 8.92. The highest BCUT2D eigenvalue weighted by molar-refractivity contribution is 7.11. The molecule has 0 aliphatic carbocycles. The van der Waals surface area contributed by atoms with Gasteiger partial charge in [-0.15, -0.1) is 11.3 Å². The van der Waals surface area contributed by atoms with E-state index >= 15 is 0 Å². The van der Waals surface area contributed by atoms with E-state index in [1.165, 1.54) is 4.88 Å². The van der Waals surface area contributed by atoms with Crippen LogP contribution in [-0.2, 0) is 9.47 Å². The van der Waals surface area contributed by atoms with E-state index in [1.807, 2.05) is 6.07 Å². The van der Waals surface area contributed by atoms with Crippen LogP contribution in [0.2, 0.25) is 0 Å². The number of hydrogen-bond acceptors (Lipinski definition) is 4. The Morgan fingerprint density at radius 1 is 1.57 bits per heavy atom. The Bertz CT molecular complexity index is 297. The first-order chi connectivity index (χ1) is 6.79. The average Bonchev–Trinajstić information content (AvgIpc) is 2.74. The average molecular weight is 214 g/mol. The van der Waals surface area contributed by atoms with Crippen LogP contribution in [0.1, 0.15) is 22.5 Å². The van der Waals surface area contributed by atoms with Crippen molar-refractivity contribution >= 4 is 11.3 Å². The van der Waals surface area contributed by atoms with Gasteiger partial charge in [-0.3, -0.25) is 0 Å². The van der Waals surface area contributed by atoms with Crippen LogP contribution >= 0.6 is 11.3 Å². The molecule has 2 atom stereocenters. The largest absolute Gasteiger partial charge is 0.396 e. The molecule has 1 N–H and O–H groups in total. The third kappa shape index (κ3) is 2.15. The maximum atomic E-state index is 8.75. The number of thiophene rings is 1. The van der Waals surface area contributed by atoms with Gasteiger partial charge in [-0.2, -0.15) is 0 Å². The predicted molar refractivity (Wildman–Crippen MR) is 54.3 cm³/mol. The Hall–Kier alpha value is -0.420. The van der Waals surface area contributed by atoms with Gasteiger partial charge in [-0.25, -0.2) is 0 Å². The number of hydrogen-bond donors (Lipinski definition) is 1. The molecule has 0 aromatic carbocycles. The molecule has 14 heavy (non-hydrogen) atoms. The SMILES string of the molecule is Cc1ccc(C2OCC(CCO)O2)s1. The standard InChI is InChI=1S/C10H14O3S/c1-7-2-3-9(14-7)10-12-6-8(13-10)4-5-11/h2-3,8,10-11H,4-6H2,1H3. The van der Waals surface area contributed by atoms with E-state index in [2.05, 4.69) is 13.0 Å². The number of aliphatic hydroxyl groups excluding tert-OH is 1. The van der Waals surface area contributed by atoms with E-state index in [1.54, 1.807) is 11.3 Å². The topological polar surface area (TPSA) is 38.7 Å². The molecular formula is C10H14O3S. The highest BCUT2D eigenvalue weighted by atomic mass is 32.1. The molecule has 2 unspecified atom stereocenters. The summed E-state index contributed by atoms with van der Waals surface area (Å²) >= 11 is 1.69. The number of ether oxygens (including phenoxy) is 2. The minimum absolute atomic E-state index is 0.0485. The van der Waals surface area contributed by atoms with Crippen LogP contribution in [-0.4, -0.2) is 24.4 Å². The van der Waals surface area contributed by atoms with Gasteiger partial charge in [0.1, 0.15) is 0 Å². The van der Waals surface area contributed by atoms with Gasteiger partial charge in [0.25, 0.3) is 0 Å². The van der Waals surface area contributed by atoms with Crippen molar-refractivity contribution in [1.29, 1.82) is 0 Å². The van der Waals surface area contributed by atoms with E-state index in [0.717, 1.165) is 4.88 Å². The first-order valence-corrected chi connectivity index (χ1v) is 5.55. The van der Waals surface area contributed by atoms with Gasteiger partial charge >= 0.3 is 0 Å². The van der Waals surface area contributed by atoms with Crippen LogP contribution in [0.5, 0.6) is 0 Å². The second kappa shape index (κ2) is 4.40. The predicted octanol–water partition coefficient (Wildman–Crippen LogP) is 1.85. The number of aliphatic hydroxyl groups is 1. The minimum Gasteiger partial charge on any atom is -0.396 e. The van der Waals surface area contributed by atoms with Crippen LogP contribution in [0.25, 0.3) is 0 Å². The Balaban J connectivity index is 1.95. The maximum Gasteiger partial charge on any atom is 0.193 e. The number of aryl methyl sites for hydroxylation is 1. The van der Waals surface area contributed by atoms with Gasteiger partial charge in [0.15, 0.2) is 6.29 Å². The Morgan fingerprint density at radius 3 is 3.07 bits per heavy atom. The summed E-state index contributed by atoms with van der Waals surface area (Å²) in [5, 5.41) is 8.75. The summed E-state index contributed by atoms with van der Waals surface area (Å²) in [6, 6.07) is 4.10.